The van der Waals surface area contributed by atoms with Crippen LogP contribution in [-0.2, 0) is 11.3 Å². The Bertz CT molecular complexity index is 1080. The molecule has 0 aliphatic heterocycles. The molecule has 4 heteroatoms. The zero-order chi connectivity index (χ0) is 21.3. The molecule has 150 valence electrons. The van der Waals surface area contributed by atoms with Crippen LogP contribution in [0.15, 0.2) is 78.9 Å². The van der Waals surface area contributed by atoms with Crippen molar-refractivity contribution in [2.45, 2.75) is 25.8 Å². The molecule has 30 heavy (non-hydrogen) atoms. The van der Waals surface area contributed by atoms with Crippen LogP contribution >= 0.6 is 0 Å². The van der Waals surface area contributed by atoms with Crippen molar-refractivity contribution in [2.24, 2.45) is 0 Å². The molecule has 0 saturated heterocycles. The average molecular weight is 396 g/mol. The van der Waals surface area contributed by atoms with E-state index < -0.39 is 5.97 Å². The van der Waals surface area contributed by atoms with Crippen LogP contribution in [0.2, 0.25) is 0 Å². The zero-order valence-electron chi connectivity index (χ0n) is 16.9. The highest BCUT2D eigenvalue weighted by Crippen LogP contribution is 2.22. The number of aliphatic carboxylic acids is 1. The summed E-state index contributed by atoms with van der Waals surface area (Å²) in [4.78, 5) is 11.1. The van der Waals surface area contributed by atoms with Crippen LogP contribution in [0.3, 0.4) is 0 Å². The molecule has 3 aromatic rings. The second-order valence-corrected chi connectivity index (χ2v) is 6.96. The maximum atomic E-state index is 11.1. The first kappa shape index (κ1) is 20.9. The molecule has 0 heterocycles. The third kappa shape index (κ3) is 5.59. The van der Waals surface area contributed by atoms with Gasteiger partial charge in [-0.15, -0.1) is 5.92 Å². The molecule has 0 amide bonds. The molecule has 0 radical (unpaired) electrons. The Morgan fingerprint density at radius 3 is 2.37 bits per heavy atom. The molecule has 3 N–H and O–H groups in total. The van der Waals surface area contributed by atoms with Gasteiger partial charge in [0.15, 0.2) is 0 Å². The number of hydrogen-bond donors (Lipinski definition) is 3. The maximum Gasteiger partial charge on any atom is 0.304 e. The first-order valence-electron chi connectivity index (χ1n) is 9.78. The monoisotopic (exact) mass is 396 g/mol. The van der Waals surface area contributed by atoms with Gasteiger partial charge in [0.25, 0.3) is 0 Å². The smallest absolute Gasteiger partial charge is 0.304 e. The lowest BCUT2D eigenvalue weighted by Crippen LogP contribution is -2.06. The number of benzene rings is 3. The molecular weight excluding hydrogens is 372 g/mol. The molecule has 1 unspecified atom stereocenters. The van der Waals surface area contributed by atoms with Crippen LogP contribution in [0.5, 0.6) is 0 Å². The number of carbonyl (C=O) groups is 1. The zero-order valence-corrected chi connectivity index (χ0v) is 16.9. The number of carboxylic acid groups (broad SMARTS) is 1. The number of hydrogen-bond acceptors (Lipinski definition) is 3. The summed E-state index contributed by atoms with van der Waals surface area (Å²) in [6.07, 6.45) is -0.00617. The lowest BCUT2D eigenvalue weighted by Gasteiger charge is -2.12. The summed E-state index contributed by atoms with van der Waals surface area (Å²) in [7, 11) is 0. The van der Waals surface area contributed by atoms with Crippen molar-refractivity contribution < 1.29 is 9.90 Å². The van der Waals surface area contributed by atoms with Crippen LogP contribution in [0.25, 0.3) is 0 Å². The molecule has 0 aromatic heterocycles. The summed E-state index contributed by atoms with van der Waals surface area (Å²) < 4.78 is 0. The first-order chi connectivity index (χ1) is 14.6. The van der Waals surface area contributed by atoms with Crippen molar-refractivity contribution in [2.75, 3.05) is 5.32 Å². The van der Waals surface area contributed by atoms with E-state index in [-0.39, 0.29) is 12.3 Å². The van der Waals surface area contributed by atoms with Crippen LogP contribution in [-0.4, -0.2) is 16.8 Å². The number of nitrogens with one attached hydrogen (secondary N) is 2. The molecule has 0 aliphatic carbocycles. The van der Waals surface area contributed by atoms with Crippen molar-refractivity contribution in [3.8, 4) is 11.8 Å². The molecule has 0 spiro atoms. The second kappa shape index (κ2) is 10.1. The Kier molecular flexibility index (Phi) is 7.02. The van der Waals surface area contributed by atoms with E-state index in [4.69, 9.17) is 10.5 Å². The standard InChI is InChI=1S/C26H24N2O2/c1-2-7-22(17-25(29)30)20-12-14-24(15-13-20)28-18-19-8-6-11-23(16-19)26(27)21-9-4-3-5-10-21/h3-6,8-16,22,27-28H,17-18H2,1H3,(H,29,30). The lowest BCUT2D eigenvalue weighted by molar-refractivity contribution is -0.137. The highest BCUT2D eigenvalue weighted by Gasteiger charge is 2.13. The van der Waals surface area contributed by atoms with Gasteiger partial charge in [-0.05, 0) is 41.8 Å². The molecule has 3 rings (SSSR count). The van der Waals surface area contributed by atoms with Crippen LogP contribution in [0, 0.1) is 17.3 Å². The third-order valence-electron chi connectivity index (χ3n) is 4.79. The van der Waals surface area contributed by atoms with Crippen LogP contribution < -0.4 is 5.32 Å². The highest BCUT2D eigenvalue weighted by molar-refractivity contribution is 6.10. The Morgan fingerprint density at radius 2 is 1.70 bits per heavy atom. The minimum Gasteiger partial charge on any atom is -0.481 e. The Labute approximate surface area is 177 Å². The minimum absolute atomic E-state index is 0.00617. The number of carboxylic acids is 1. The van der Waals surface area contributed by atoms with Gasteiger partial charge in [-0.2, -0.15) is 0 Å². The fourth-order valence-electron chi connectivity index (χ4n) is 3.25. The van der Waals surface area contributed by atoms with Gasteiger partial charge in [0.2, 0.25) is 0 Å². The predicted molar refractivity (Wildman–Crippen MR) is 121 cm³/mol. The van der Waals surface area contributed by atoms with Crippen molar-refractivity contribution in [1.82, 2.24) is 0 Å². The van der Waals surface area contributed by atoms with E-state index in [0.717, 1.165) is 27.9 Å². The molecule has 0 fully saturated rings. The summed E-state index contributed by atoms with van der Waals surface area (Å²) in [5, 5.41) is 20.9. The van der Waals surface area contributed by atoms with E-state index in [1.54, 1.807) is 6.92 Å². The van der Waals surface area contributed by atoms with E-state index in [1.807, 2.05) is 78.9 Å². The van der Waals surface area contributed by atoms with E-state index >= 15 is 0 Å². The molecule has 4 nitrogen and oxygen atoms in total. The SMILES string of the molecule is CC#CC(CC(=O)O)c1ccc(NCc2cccc(C(=N)c3ccccc3)c2)cc1. The van der Waals surface area contributed by atoms with Gasteiger partial charge in [-0.1, -0.05) is 66.6 Å². The summed E-state index contributed by atoms with van der Waals surface area (Å²) in [6, 6.07) is 25.4. The average Bonchev–Trinajstić information content (AvgIpc) is 2.78. The minimum atomic E-state index is -0.856. The maximum absolute atomic E-state index is 11.1. The topological polar surface area (TPSA) is 73.2 Å². The van der Waals surface area contributed by atoms with E-state index in [2.05, 4.69) is 17.2 Å². The van der Waals surface area contributed by atoms with Gasteiger partial charge in [0, 0.05) is 17.8 Å². The molecule has 3 aromatic carbocycles. The normalized spacial score (nSPS) is 11.1. The summed E-state index contributed by atoms with van der Waals surface area (Å²) in [5.74, 6) is 4.62. The first-order valence-corrected chi connectivity index (χ1v) is 9.78. The molecular formula is C26H24N2O2. The van der Waals surface area contributed by atoms with E-state index in [0.29, 0.717) is 12.3 Å². The summed E-state index contributed by atoms with van der Waals surface area (Å²) in [6.45, 7) is 2.35. The number of anilines is 1. The van der Waals surface area contributed by atoms with Gasteiger partial charge in [0.05, 0.1) is 18.1 Å². The van der Waals surface area contributed by atoms with Crippen molar-refractivity contribution >= 4 is 17.4 Å². The second-order valence-electron chi connectivity index (χ2n) is 6.96. The molecule has 1 atom stereocenters. The Hall–Kier alpha value is -3.84. The van der Waals surface area contributed by atoms with E-state index in [9.17, 15) is 4.79 Å². The summed E-state index contributed by atoms with van der Waals surface area (Å²) >= 11 is 0. The van der Waals surface area contributed by atoms with Gasteiger partial charge >= 0.3 is 5.97 Å². The Balaban J connectivity index is 1.66. The summed E-state index contributed by atoms with van der Waals surface area (Å²) in [5.41, 5.74) is 5.20. The van der Waals surface area contributed by atoms with Crippen LogP contribution in [0.4, 0.5) is 5.69 Å². The quantitative estimate of drug-likeness (QED) is 0.357. The fraction of sp³-hybridized carbons (Fsp3) is 0.154. The largest absolute Gasteiger partial charge is 0.481 e. The molecule has 0 bridgehead atoms. The van der Waals surface area contributed by atoms with Gasteiger partial charge < -0.3 is 10.4 Å². The van der Waals surface area contributed by atoms with Crippen molar-refractivity contribution in [1.29, 1.82) is 5.41 Å². The molecule has 0 aliphatic rings. The van der Waals surface area contributed by atoms with Crippen molar-refractivity contribution in [3.63, 3.8) is 0 Å². The van der Waals surface area contributed by atoms with Gasteiger partial charge in [0.1, 0.15) is 0 Å². The fourth-order valence-corrected chi connectivity index (χ4v) is 3.25. The van der Waals surface area contributed by atoms with Crippen molar-refractivity contribution in [3.05, 3.63) is 101 Å². The highest BCUT2D eigenvalue weighted by atomic mass is 16.4. The molecule has 0 saturated carbocycles. The third-order valence-corrected chi connectivity index (χ3v) is 4.79. The Morgan fingerprint density at radius 1 is 1.00 bits per heavy atom. The lowest BCUT2D eigenvalue weighted by atomic mass is 9.96. The van der Waals surface area contributed by atoms with E-state index in [1.165, 1.54) is 0 Å². The van der Waals surface area contributed by atoms with Gasteiger partial charge in [-0.25, -0.2) is 0 Å². The van der Waals surface area contributed by atoms with Crippen LogP contribution in [0.1, 0.15) is 41.5 Å². The number of rotatable bonds is 8. The van der Waals surface area contributed by atoms with Gasteiger partial charge in [-0.3, -0.25) is 10.2 Å². The predicted octanol–water partition coefficient (Wildman–Crippen LogP) is 5.30.